The summed E-state index contributed by atoms with van der Waals surface area (Å²) in [6.07, 6.45) is 1.75. The van der Waals surface area contributed by atoms with E-state index >= 15 is 0 Å². The molecule has 0 saturated carbocycles. The summed E-state index contributed by atoms with van der Waals surface area (Å²) in [4.78, 5) is 0. The second-order valence-corrected chi connectivity index (χ2v) is 6.27. The largest absolute Gasteiger partial charge is 0.446 e. The number of anilines is 1. The molecule has 3 rings (SSSR count). The molecule has 0 unspecified atom stereocenters. The van der Waals surface area contributed by atoms with E-state index in [1.54, 1.807) is 12.3 Å². The number of furan rings is 1. The zero-order chi connectivity index (χ0) is 14.9. The lowest BCUT2D eigenvalue weighted by Crippen LogP contribution is -2.17. The third-order valence-corrected chi connectivity index (χ3v) is 4.37. The molecule has 0 fully saturated rings. The Labute approximate surface area is 121 Å². The van der Waals surface area contributed by atoms with E-state index in [0.717, 1.165) is 16.6 Å². The van der Waals surface area contributed by atoms with E-state index < -0.39 is 10.0 Å². The first-order valence-electron chi connectivity index (χ1n) is 6.28. The Morgan fingerprint density at radius 3 is 2.95 bits per heavy atom. The smallest absolute Gasteiger partial charge is 0.273 e. The van der Waals surface area contributed by atoms with Crippen LogP contribution in [0.5, 0.6) is 0 Å². The van der Waals surface area contributed by atoms with Crippen molar-refractivity contribution in [3.05, 3.63) is 42.3 Å². The van der Waals surface area contributed by atoms with Gasteiger partial charge >= 0.3 is 0 Å². The molecule has 0 aliphatic heterocycles. The molecule has 3 N–H and O–H groups in total. The summed E-state index contributed by atoms with van der Waals surface area (Å²) in [6.45, 7) is 0.388. The minimum absolute atomic E-state index is 0.0918. The Hall–Kier alpha value is -2.32. The normalized spacial score (nSPS) is 11.9. The van der Waals surface area contributed by atoms with Crippen molar-refractivity contribution in [3.63, 3.8) is 0 Å². The van der Waals surface area contributed by atoms with Gasteiger partial charge in [-0.2, -0.15) is 5.10 Å². The first kappa shape index (κ1) is 13.7. The number of aromatic amines is 1. The molecular formula is C13H14N4O3S. The molecule has 1 aromatic carbocycles. The van der Waals surface area contributed by atoms with Crippen molar-refractivity contribution >= 4 is 26.6 Å². The highest BCUT2D eigenvalue weighted by molar-refractivity contribution is 7.89. The van der Waals surface area contributed by atoms with Crippen LogP contribution in [0, 0.1) is 0 Å². The second-order valence-electron chi connectivity index (χ2n) is 4.45. The quantitative estimate of drug-likeness (QED) is 0.666. The first-order valence-corrected chi connectivity index (χ1v) is 7.76. The van der Waals surface area contributed by atoms with Gasteiger partial charge in [-0.05, 0) is 37.4 Å². The molecule has 0 amide bonds. The van der Waals surface area contributed by atoms with Crippen molar-refractivity contribution in [3.8, 4) is 0 Å². The zero-order valence-corrected chi connectivity index (χ0v) is 12.1. The lowest BCUT2D eigenvalue weighted by atomic mass is 10.2. The lowest BCUT2D eigenvalue weighted by Gasteiger charge is -2.04. The fourth-order valence-electron chi connectivity index (χ4n) is 1.93. The molecule has 2 aromatic heterocycles. The molecule has 0 atom stereocenters. The van der Waals surface area contributed by atoms with Gasteiger partial charge in [0.05, 0.1) is 18.3 Å². The number of aromatic nitrogens is 2. The lowest BCUT2D eigenvalue weighted by molar-refractivity contribution is 0.417. The van der Waals surface area contributed by atoms with Crippen molar-refractivity contribution < 1.29 is 12.8 Å². The van der Waals surface area contributed by atoms with Crippen LogP contribution >= 0.6 is 0 Å². The van der Waals surface area contributed by atoms with Gasteiger partial charge in [0.1, 0.15) is 5.76 Å². The molecule has 7 nitrogen and oxygen atoms in total. The Morgan fingerprint density at radius 2 is 2.14 bits per heavy atom. The SMILES string of the molecule is CNS(=O)(=O)c1ccc(CNc2ccc3cn[nH]c3c2)o1. The molecule has 3 aromatic rings. The summed E-state index contributed by atoms with van der Waals surface area (Å²) in [6, 6.07) is 8.86. The van der Waals surface area contributed by atoms with Crippen LogP contribution < -0.4 is 10.0 Å². The third-order valence-electron chi connectivity index (χ3n) is 3.08. The highest BCUT2D eigenvalue weighted by atomic mass is 32.2. The monoisotopic (exact) mass is 306 g/mol. The number of sulfonamides is 1. The van der Waals surface area contributed by atoms with Crippen molar-refractivity contribution in [1.29, 1.82) is 0 Å². The molecule has 0 aliphatic rings. The highest BCUT2D eigenvalue weighted by Crippen LogP contribution is 2.18. The van der Waals surface area contributed by atoms with Crippen LogP contribution in [0.3, 0.4) is 0 Å². The van der Waals surface area contributed by atoms with E-state index in [0.29, 0.717) is 12.3 Å². The number of hydrogen-bond acceptors (Lipinski definition) is 5. The zero-order valence-electron chi connectivity index (χ0n) is 11.3. The fraction of sp³-hybridized carbons (Fsp3) is 0.154. The topological polar surface area (TPSA) is 100 Å². The maximum Gasteiger partial charge on any atom is 0.273 e. The molecule has 110 valence electrons. The van der Waals surface area contributed by atoms with Crippen LogP contribution in [0.1, 0.15) is 5.76 Å². The maximum atomic E-state index is 11.6. The van der Waals surface area contributed by atoms with Crippen LogP contribution in [0.4, 0.5) is 5.69 Å². The van der Waals surface area contributed by atoms with Gasteiger partial charge in [-0.15, -0.1) is 0 Å². The number of rotatable bonds is 5. The average molecular weight is 306 g/mol. The van der Waals surface area contributed by atoms with Crippen molar-refractivity contribution in [1.82, 2.24) is 14.9 Å². The summed E-state index contributed by atoms with van der Waals surface area (Å²) in [5.74, 6) is 0.536. The van der Waals surface area contributed by atoms with Crippen LogP contribution in [-0.4, -0.2) is 25.7 Å². The summed E-state index contributed by atoms with van der Waals surface area (Å²) in [5, 5.41) is 10.9. The van der Waals surface area contributed by atoms with Crippen LogP contribution in [0.25, 0.3) is 10.9 Å². The predicted octanol–water partition coefficient (Wildman–Crippen LogP) is 1.68. The van der Waals surface area contributed by atoms with Gasteiger partial charge in [-0.1, -0.05) is 0 Å². The summed E-state index contributed by atoms with van der Waals surface area (Å²) in [5.41, 5.74) is 1.82. The van der Waals surface area contributed by atoms with E-state index in [9.17, 15) is 8.42 Å². The number of H-pyrrole nitrogens is 1. The minimum Gasteiger partial charge on any atom is -0.446 e. The standard InChI is InChI=1S/C13H14N4O3S/c1-14-21(18,19)13-5-4-11(20-13)8-15-10-3-2-9-7-16-17-12(9)6-10/h2-7,14-15H,8H2,1H3,(H,16,17). The fourth-order valence-corrected chi connectivity index (χ4v) is 2.60. The molecule has 2 heterocycles. The first-order chi connectivity index (χ1) is 10.1. The number of nitrogens with one attached hydrogen (secondary N) is 3. The molecule has 0 saturated heterocycles. The van der Waals surface area contributed by atoms with Crippen LogP contribution in [0.15, 0.2) is 46.0 Å². The summed E-state index contributed by atoms with van der Waals surface area (Å²) in [7, 11) is -2.20. The Morgan fingerprint density at radius 1 is 1.29 bits per heavy atom. The number of nitrogens with zero attached hydrogens (tertiary/aromatic N) is 1. The van der Waals surface area contributed by atoms with Gasteiger partial charge in [0.2, 0.25) is 5.09 Å². The molecular weight excluding hydrogens is 292 g/mol. The van der Waals surface area contributed by atoms with E-state index in [1.165, 1.54) is 13.1 Å². The van der Waals surface area contributed by atoms with E-state index in [4.69, 9.17) is 4.42 Å². The second kappa shape index (κ2) is 5.23. The van der Waals surface area contributed by atoms with Crippen molar-refractivity contribution in [2.75, 3.05) is 12.4 Å². The number of hydrogen-bond donors (Lipinski definition) is 3. The molecule has 0 spiro atoms. The number of benzene rings is 1. The summed E-state index contributed by atoms with van der Waals surface area (Å²) < 4.78 is 30.6. The van der Waals surface area contributed by atoms with Gasteiger partial charge in [0, 0.05) is 11.1 Å². The van der Waals surface area contributed by atoms with Gasteiger partial charge in [-0.25, -0.2) is 13.1 Å². The van der Waals surface area contributed by atoms with Gasteiger partial charge in [0.15, 0.2) is 0 Å². The molecule has 0 radical (unpaired) electrons. The predicted molar refractivity (Wildman–Crippen MR) is 78.4 cm³/mol. The van der Waals surface area contributed by atoms with Crippen molar-refractivity contribution in [2.45, 2.75) is 11.6 Å². The molecule has 0 bridgehead atoms. The highest BCUT2D eigenvalue weighted by Gasteiger charge is 2.16. The van der Waals surface area contributed by atoms with Gasteiger partial charge in [-0.3, -0.25) is 5.10 Å². The molecule has 8 heteroatoms. The van der Waals surface area contributed by atoms with Crippen LogP contribution in [-0.2, 0) is 16.6 Å². The van der Waals surface area contributed by atoms with Crippen LogP contribution in [0.2, 0.25) is 0 Å². The van der Waals surface area contributed by atoms with Crippen molar-refractivity contribution in [2.24, 2.45) is 0 Å². The maximum absolute atomic E-state index is 11.6. The van der Waals surface area contributed by atoms with E-state index in [1.807, 2.05) is 18.2 Å². The average Bonchev–Trinajstić information content (AvgIpc) is 3.13. The summed E-state index contributed by atoms with van der Waals surface area (Å²) >= 11 is 0. The number of fused-ring (bicyclic) bond motifs is 1. The van der Waals surface area contributed by atoms with Gasteiger partial charge in [0.25, 0.3) is 10.0 Å². The molecule has 0 aliphatic carbocycles. The minimum atomic E-state index is -3.54. The third kappa shape index (κ3) is 2.76. The Kier molecular flexibility index (Phi) is 3.40. The molecule has 21 heavy (non-hydrogen) atoms. The Bertz CT molecular complexity index is 866. The Balaban J connectivity index is 1.72. The van der Waals surface area contributed by atoms with E-state index in [-0.39, 0.29) is 5.09 Å². The van der Waals surface area contributed by atoms with E-state index in [2.05, 4.69) is 20.2 Å². The van der Waals surface area contributed by atoms with Gasteiger partial charge < -0.3 is 9.73 Å².